The lowest BCUT2D eigenvalue weighted by molar-refractivity contribution is 0.137. The molecule has 2 nitrogen and oxygen atoms in total. The van der Waals surface area contributed by atoms with E-state index in [0.29, 0.717) is 0 Å². The number of hydrogen-bond donors (Lipinski definition) is 1. The second-order valence-electron chi connectivity index (χ2n) is 5.33. The second kappa shape index (κ2) is 4.75. The molecule has 0 heterocycles. The van der Waals surface area contributed by atoms with Crippen LogP contribution in [0.15, 0.2) is 24.3 Å². The Morgan fingerprint density at radius 2 is 2.06 bits per heavy atom. The fourth-order valence-corrected chi connectivity index (χ4v) is 2.47. The summed E-state index contributed by atoms with van der Waals surface area (Å²) in [5.41, 5.74) is 6.92. The maximum atomic E-state index is 13.7. The van der Waals surface area contributed by atoms with Crippen molar-refractivity contribution >= 4 is 0 Å². The Bertz CT molecular complexity index is 388. The van der Waals surface area contributed by atoms with Crippen molar-refractivity contribution < 1.29 is 4.39 Å². The van der Waals surface area contributed by atoms with Crippen LogP contribution < -0.4 is 5.73 Å². The average Bonchev–Trinajstić information content (AvgIpc) is 2.26. The van der Waals surface area contributed by atoms with E-state index in [1.807, 2.05) is 26.1 Å². The van der Waals surface area contributed by atoms with Gasteiger partial charge in [0.25, 0.3) is 0 Å². The molecule has 1 aromatic rings. The van der Waals surface area contributed by atoms with E-state index in [2.05, 4.69) is 4.90 Å². The molecule has 2 rings (SSSR count). The summed E-state index contributed by atoms with van der Waals surface area (Å²) in [7, 11) is 2.02. The summed E-state index contributed by atoms with van der Waals surface area (Å²) in [6.45, 7) is 2.86. The van der Waals surface area contributed by atoms with Crippen LogP contribution in [0.3, 0.4) is 0 Å². The normalized spacial score (nSPS) is 20.1. The first-order valence-corrected chi connectivity index (χ1v) is 6.25. The number of hydrogen-bond acceptors (Lipinski definition) is 2. The zero-order valence-corrected chi connectivity index (χ0v) is 10.6. The number of benzene rings is 1. The first kappa shape index (κ1) is 12.5. The molecule has 2 N–H and O–H groups in total. The molecule has 1 fully saturated rings. The van der Waals surface area contributed by atoms with Gasteiger partial charge in [0.1, 0.15) is 5.82 Å². The third-order valence-corrected chi connectivity index (χ3v) is 3.93. The number of rotatable bonds is 4. The van der Waals surface area contributed by atoms with Crippen LogP contribution in [0.5, 0.6) is 0 Å². The molecule has 1 aliphatic carbocycles. The van der Waals surface area contributed by atoms with E-state index in [1.165, 1.54) is 12.5 Å². The van der Waals surface area contributed by atoms with Crippen molar-refractivity contribution in [2.45, 2.75) is 37.8 Å². The zero-order chi connectivity index (χ0) is 12.5. The van der Waals surface area contributed by atoms with Gasteiger partial charge in [0, 0.05) is 23.7 Å². The maximum Gasteiger partial charge on any atom is 0.127 e. The topological polar surface area (TPSA) is 29.3 Å². The van der Waals surface area contributed by atoms with Crippen LogP contribution in [-0.2, 0) is 0 Å². The van der Waals surface area contributed by atoms with E-state index in [0.717, 1.165) is 24.9 Å². The Balaban J connectivity index is 2.04. The monoisotopic (exact) mass is 236 g/mol. The summed E-state index contributed by atoms with van der Waals surface area (Å²) in [6.07, 6.45) is 3.39. The van der Waals surface area contributed by atoms with Crippen molar-refractivity contribution in [1.82, 2.24) is 4.90 Å². The highest BCUT2D eigenvalue weighted by Crippen LogP contribution is 2.32. The summed E-state index contributed by atoms with van der Waals surface area (Å²) in [5.74, 6) is -0.133. The Morgan fingerprint density at radius 1 is 1.41 bits per heavy atom. The minimum Gasteiger partial charge on any atom is -0.324 e. The molecule has 0 spiro atoms. The van der Waals surface area contributed by atoms with Gasteiger partial charge in [0.15, 0.2) is 0 Å². The number of nitrogens with two attached hydrogens (primary N) is 1. The molecule has 0 aliphatic heterocycles. The van der Waals surface area contributed by atoms with Gasteiger partial charge in [0.05, 0.1) is 0 Å². The predicted molar refractivity (Wildman–Crippen MR) is 68.2 cm³/mol. The molecule has 0 aromatic heterocycles. The molecular formula is C14H21FN2. The molecule has 1 unspecified atom stereocenters. The molecule has 1 aliphatic rings. The average molecular weight is 236 g/mol. The molecule has 1 saturated carbocycles. The highest BCUT2D eigenvalue weighted by molar-refractivity contribution is 5.20. The van der Waals surface area contributed by atoms with Gasteiger partial charge in [-0.3, -0.25) is 4.90 Å². The number of nitrogens with zero attached hydrogens (tertiary/aromatic N) is 1. The highest BCUT2D eigenvalue weighted by Gasteiger charge is 2.34. The van der Waals surface area contributed by atoms with Crippen LogP contribution in [0.4, 0.5) is 4.39 Å². The molecule has 94 valence electrons. The van der Waals surface area contributed by atoms with Crippen LogP contribution in [0, 0.1) is 5.82 Å². The fourth-order valence-electron chi connectivity index (χ4n) is 2.47. The van der Waals surface area contributed by atoms with E-state index >= 15 is 0 Å². The predicted octanol–water partition coefficient (Wildman–Crippen LogP) is 2.70. The third kappa shape index (κ3) is 2.67. The van der Waals surface area contributed by atoms with Crippen LogP contribution in [0.25, 0.3) is 0 Å². The summed E-state index contributed by atoms with van der Waals surface area (Å²) in [5, 5.41) is 0. The Kier molecular flexibility index (Phi) is 3.50. The van der Waals surface area contributed by atoms with Crippen molar-refractivity contribution in [2.75, 3.05) is 13.6 Å². The van der Waals surface area contributed by atoms with Gasteiger partial charge in [-0.05, 0) is 39.3 Å². The molecule has 17 heavy (non-hydrogen) atoms. The van der Waals surface area contributed by atoms with Gasteiger partial charge >= 0.3 is 0 Å². The molecule has 0 bridgehead atoms. The second-order valence-corrected chi connectivity index (χ2v) is 5.33. The summed E-state index contributed by atoms with van der Waals surface area (Å²) < 4.78 is 13.7. The smallest absolute Gasteiger partial charge is 0.127 e. The van der Waals surface area contributed by atoms with Gasteiger partial charge in [-0.25, -0.2) is 4.39 Å². The van der Waals surface area contributed by atoms with Gasteiger partial charge in [0.2, 0.25) is 0 Å². The zero-order valence-electron chi connectivity index (χ0n) is 10.6. The first-order valence-electron chi connectivity index (χ1n) is 6.25. The third-order valence-electron chi connectivity index (χ3n) is 3.93. The van der Waals surface area contributed by atoms with Gasteiger partial charge < -0.3 is 5.73 Å². The minimum absolute atomic E-state index is 0.0474. The molecule has 1 atom stereocenters. The van der Waals surface area contributed by atoms with Crippen molar-refractivity contribution in [1.29, 1.82) is 0 Å². The van der Waals surface area contributed by atoms with Crippen molar-refractivity contribution in [3.05, 3.63) is 35.6 Å². The van der Waals surface area contributed by atoms with Crippen molar-refractivity contribution in [2.24, 2.45) is 5.73 Å². The minimum atomic E-state index is -0.133. The Morgan fingerprint density at radius 3 is 2.59 bits per heavy atom. The van der Waals surface area contributed by atoms with E-state index in [1.54, 1.807) is 6.07 Å². The summed E-state index contributed by atoms with van der Waals surface area (Å²) in [6, 6.07) is 7.03. The first-order chi connectivity index (χ1) is 8.02. The van der Waals surface area contributed by atoms with E-state index in [-0.39, 0.29) is 17.4 Å². The Labute approximate surface area is 103 Å². The lowest BCUT2D eigenvalue weighted by Crippen LogP contribution is -2.54. The lowest BCUT2D eigenvalue weighted by atomic mass is 9.77. The molecular weight excluding hydrogens is 215 g/mol. The Hall–Kier alpha value is -0.930. The van der Waals surface area contributed by atoms with Crippen molar-refractivity contribution in [3.8, 4) is 0 Å². The molecule has 0 saturated heterocycles. The summed E-state index contributed by atoms with van der Waals surface area (Å²) in [4.78, 5) is 2.15. The van der Waals surface area contributed by atoms with Crippen LogP contribution in [0.2, 0.25) is 0 Å². The van der Waals surface area contributed by atoms with Crippen LogP contribution >= 0.6 is 0 Å². The van der Waals surface area contributed by atoms with Crippen LogP contribution in [0.1, 0.15) is 37.8 Å². The molecule has 1 aromatic carbocycles. The summed E-state index contributed by atoms with van der Waals surface area (Å²) >= 11 is 0. The van der Waals surface area contributed by atoms with E-state index in [9.17, 15) is 4.39 Å². The van der Waals surface area contributed by atoms with E-state index in [4.69, 9.17) is 5.73 Å². The maximum absolute atomic E-state index is 13.7. The van der Waals surface area contributed by atoms with Crippen LogP contribution in [-0.4, -0.2) is 24.0 Å². The highest BCUT2D eigenvalue weighted by atomic mass is 19.1. The van der Waals surface area contributed by atoms with Gasteiger partial charge in [-0.2, -0.15) is 0 Å². The largest absolute Gasteiger partial charge is 0.324 e. The van der Waals surface area contributed by atoms with Gasteiger partial charge in [-0.1, -0.05) is 18.2 Å². The standard InChI is InChI=1S/C14H21FN2/c1-11(12-6-3-4-7-13(12)15)17(2)10-14(16)8-5-9-14/h3-4,6-7,11H,5,8-10,16H2,1-2H3. The number of likely N-dealkylation sites (N-methyl/N-ethyl adjacent to an activating group) is 1. The SMILES string of the molecule is CC(c1ccccc1F)N(C)CC1(N)CCC1. The van der Waals surface area contributed by atoms with E-state index < -0.39 is 0 Å². The van der Waals surface area contributed by atoms with Gasteiger partial charge in [-0.15, -0.1) is 0 Å². The quantitative estimate of drug-likeness (QED) is 0.871. The fraction of sp³-hybridized carbons (Fsp3) is 0.571. The number of halogens is 1. The molecule has 3 heteroatoms. The molecule has 0 amide bonds. The van der Waals surface area contributed by atoms with Crippen molar-refractivity contribution in [3.63, 3.8) is 0 Å². The molecule has 0 radical (unpaired) electrons. The lowest BCUT2D eigenvalue weighted by Gasteiger charge is -2.42.